The summed E-state index contributed by atoms with van der Waals surface area (Å²) >= 11 is 1.38. The maximum Gasteiger partial charge on any atom is 0.305 e. The Morgan fingerprint density at radius 1 is 1.44 bits per heavy atom. The number of fused-ring (bicyclic) bond motifs is 1. The van der Waals surface area contributed by atoms with Crippen molar-refractivity contribution in [2.45, 2.75) is 25.3 Å². The van der Waals surface area contributed by atoms with E-state index in [0.29, 0.717) is 11.3 Å². The van der Waals surface area contributed by atoms with Crippen LogP contribution in [0.4, 0.5) is 0 Å². The summed E-state index contributed by atoms with van der Waals surface area (Å²) in [5.41, 5.74) is -0.0475. The minimum Gasteiger partial charge on any atom is -0.481 e. The van der Waals surface area contributed by atoms with Crippen molar-refractivity contribution in [2.75, 3.05) is 0 Å². The molecule has 0 spiro atoms. The molecule has 1 aromatic heterocycles. The van der Waals surface area contributed by atoms with Crippen LogP contribution in [0.15, 0.2) is 29.1 Å². The Kier molecular flexibility index (Phi) is 2.70. The summed E-state index contributed by atoms with van der Waals surface area (Å²) in [6.45, 7) is 0. The van der Waals surface area contributed by atoms with Crippen molar-refractivity contribution in [3.8, 4) is 0 Å². The number of nitrogens with zero attached hydrogens (tertiary/aromatic N) is 1. The van der Waals surface area contributed by atoms with Crippen molar-refractivity contribution >= 4 is 27.6 Å². The molecule has 1 aliphatic carbocycles. The molecule has 18 heavy (non-hydrogen) atoms. The molecule has 3 rings (SSSR count). The fourth-order valence-corrected chi connectivity index (χ4v) is 3.48. The number of carbonyl (C=O) groups is 1. The van der Waals surface area contributed by atoms with Crippen molar-refractivity contribution in [2.24, 2.45) is 5.92 Å². The highest BCUT2D eigenvalue weighted by Crippen LogP contribution is 2.42. The molecular weight excluding hydrogens is 250 g/mol. The molecule has 0 amide bonds. The van der Waals surface area contributed by atoms with Crippen LogP contribution in [0.25, 0.3) is 10.1 Å². The van der Waals surface area contributed by atoms with Crippen LogP contribution >= 0.6 is 11.5 Å². The zero-order chi connectivity index (χ0) is 12.7. The molecule has 4 nitrogen and oxygen atoms in total. The molecule has 1 N–H and O–H groups in total. The van der Waals surface area contributed by atoms with Gasteiger partial charge in [0.25, 0.3) is 5.56 Å². The first-order valence-electron chi connectivity index (χ1n) is 5.99. The first-order valence-corrected chi connectivity index (χ1v) is 6.76. The normalized spacial score (nSPS) is 16.9. The predicted octanol–water partition coefficient (Wildman–Crippen LogP) is 2.49. The van der Waals surface area contributed by atoms with E-state index in [1.54, 1.807) is 10.0 Å². The average molecular weight is 263 g/mol. The fraction of sp³-hybridized carbons (Fsp3) is 0.385. The number of hydrogen-bond acceptors (Lipinski definition) is 3. The Balaban J connectivity index is 2.08. The van der Waals surface area contributed by atoms with E-state index in [0.717, 1.165) is 17.5 Å². The van der Waals surface area contributed by atoms with Crippen LogP contribution in [0.5, 0.6) is 0 Å². The molecule has 0 bridgehead atoms. The summed E-state index contributed by atoms with van der Waals surface area (Å²) < 4.78 is 2.59. The van der Waals surface area contributed by atoms with Crippen LogP contribution < -0.4 is 5.56 Å². The van der Waals surface area contributed by atoms with Gasteiger partial charge >= 0.3 is 5.97 Å². The van der Waals surface area contributed by atoms with Gasteiger partial charge in [-0.05, 0) is 30.9 Å². The second-order valence-corrected chi connectivity index (χ2v) is 5.74. The smallest absolute Gasteiger partial charge is 0.305 e. The van der Waals surface area contributed by atoms with Gasteiger partial charge in [0.15, 0.2) is 0 Å². The number of aromatic nitrogens is 1. The van der Waals surface area contributed by atoms with E-state index in [2.05, 4.69) is 0 Å². The van der Waals surface area contributed by atoms with Gasteiger partial charge in [-0.25, -0.2) is 0 Å². The maximum atomic E-state index is 12.3. The van der Waals surface area contributed by atoms with Gasteiger partial charge in [0.1, 0.15) is 0 Å². The summed E-state index contributed by atoms with van der Waals surface area (Å²) in [6, 6.07) is 7.26. The quantitative estimate of drug-likeness (QED) is 0.922. The summed E-state index contributed by atoms with van der Waals surface area (Å²) in [6.07, 6.45) is 2.09. The monoisotopic (exact) mass is 263 g/mol. The number of hydrogen-bond donors (Lipinski definition) is 1. The van der Waals surface area contributed by atoms with Crippen LogP contribution in [-0.4, -0.2) is 15.0 Å². The average Bonchev–Trinajstić information content (AvgIpc) is 3.12. The highest BCUT2D eigenvalue weighted by molar-refractivity contribution is 7.13. The summed E-state index contributed by atoms with van der Waals surface area (Å²) in [5, 5.41) is 9.67. The molecule has 1 fully saturated rings. The molecule has 0 aliphatic heterocycles. The van der Waals surface area contributed by atoms with E-state index < -0.39 is 5.97 Å². The molecule has 1 saturated carbocycles. The van der Waals surface area contributed by atoms with Crippen molar-refractivity contribution in [3.05, 3.63) is 34.6 Å². The molecule has 0 saturated heterocycles. The lowest BCUT2D eigenvalue weighted by atomic mass is 10.1. The first-order chi connectivity index (χ1) is 8.66. The first kappa shape index (κ1) is 11.5. The molecule has 5 heteroatoms. The van der Waals surface area contributed by atoms with Crippen molar-refractivity contribution in [3.63, 3.8) is 0 Å². The van der Waals surface area contributed by atoms with E-state index >= 15 is 0 Å². The maximum absolute atomic E-state index is 12.3. The largest absolute Gasteiger partial charge is 0.481 e. The molecule has 1 aromatic carbocycles. The molecule has 1 atom stereocenters. The van der Waals surface area contributed by atoms with E-state index in [-0.39, 0.29) is 18.0 Å². The van der Waals surface area contributed by atoms with Gasteiger partial charge in [0.05, 0.1) is 22.5 Å². The second kappa shape index (κ2) is 4.24. The second-order valence-electron chi connectivity index (χ2n) is 4.72. The number of aliphatic carboxylic acids is 1. The molecule has 1 unspecified atom stereocenters. The highest BCUT2D eigenvalue weighted by atomic mass is 32.1. The van der Waals surface area contributed by atoms with Crippen molar-refractivity contribution in [1.29, 1.82) is 0 Å². The third kappa shape index (κ3) is 1.95. The molecule has 2 aromatic rings. The number of carboxylic acids is 1. The summed E-state index contributed by atoms with van der Waals surface area (Å²) in [5.74, 6) is -0.483. The van der Waals surface area contributed by atoms with Crippen LogP contribution in [0.3, 0.4) is 0 Å². The Bertz CT molecular complexity index is 654. The van der Waals surface area contributed by atoms with Gasteiger partial charge in [-0.1, -0.05) is 23.7 Å². The van der Waals surface area contributed by atoms with E-state index in [1.165, 1.54) is 11.5 Å². The lowest BCUT2D eigenvalue weighted by Gasteiger charge is -2.13. The molecular formula is C13H13NO3S. The van der Waals surface area contributed by atoms with Gasteiger partial charge in [0, 0.05) is 0 Å². The lowest BCUT2D eigenvalue weighted by molar-refractivity contribution is -0.138. The molecule has 1 heterocycles. The Morgan fingerprint density at radius 3 is 2.78 bits per heavy atom. The molecule has 0 radical (unpaired) electrons. The van der Waals surface area contributed by atoms with Crippen molar-refractivity contribution < 1.29 is 9.90 Å². The van der Waals surface area contributed by atoms with Gasteiger partial charge in [-0.3, -0.25) is 13.5 Å². The van der Waals surface area contributed by atoms with E-state index in [1.807, 2.05) is 18.2 Å². The molecule has 1 aliphatic rings. The highest BCUT2D eigenvalue weighted by Gasteiger charge is 2.35. The molecule has 94 valence electrons. The topological polar surface area (TPSA) is 59.3 Å². The fourth-order valence-electron chi connectivity index (χ4n) is 2.31. The van der Waals surface area contributed by atoms with Crippen LogP contribution in [-0.2, 0) is 4.79 Å². The summed E-state index contributed by atoms with van der Waals surface area (Å²) in [7, 11) is 0. The third-order valence-corrected chi connectivity index (χ3v) is 4.55. The van der Waals surface area contributed by atoms with E-state index in [4.69, 9.17) is 5.11 Å². The third-order valence-electron chi connectivity index (χ3n) is 3.37. The van der Waals surface area contributed by atoms with Crippen LogP contribution in [0, 0.1) is 5.92 Å². The minimum atomic E-state index is -0.837. The van der Waals surface area contributed by atoms with Gasteiger partial charge in [-0.15, -0.1) is 0 Å². The van der Waals surface area contributed by atoms with E-state index in [9.17, 15) is 9.59 Å². The number of benzene rings is 1. The zero-order valence-electron chi connectivity index (χ0n) is 9.70. The van der Waals surface area contributed by atoms with Gasteiger partial charge in [-0.2, -0.15) is 0 Å². The van der Waals surface area contributed by atoms with Crippen molar-refractivity contribution in [1.82, 2.24) is 3.96 Å². The van der Waals surface area contributed by atoms with Gasteiger partial charge in [0.2, 0.25) is 0 Å². The lowest BCUT2D eigenvalue weighted by Crippen LogP contribution is -2.23. The van der Waals surface area contributed by atoms with Gasteiger partial charge < -0.3 is 5.11 Å². The van der Waals surface area contributed by atoms with Crippen LogP contribution in [0.1, 0.15) is 25.3 Å². The van der Waals surface area contributed by atoms with Crippen LogP contribution in [0.2, 0.25) is 0 Å². The number of carboxylic acid groups (broad SMARTS) is 1. The standard InChI is InChI=1S/C13H13NO3S/c15-12(16)7-10(8-5-6-8)14-13(17)9-3-1-2-4-11(9)18-14/h1-4,8,10H,5-7H2,(H,15,16). The minimum absolute atomic E-state index is 0.0391. The number of rotatable bonds is 4. The SMILES string of the molecule is O=C(O)CC(C1CC1)n1sc2ccccc2c1=O. The summed E-state index contributed by atoms with van der Waals surface area (Å²) in [4.78, 5) is 23.2. The predicted molar refractivity (Wildman–Crippen MR) is 70.1 cm³/mol. The Hall–Kier alpha value is -1.62. The Labute approximate surface area is 108 Å². The zero-order valence-corrected chi connectivity index (χ0v) is 10.5. The Morgan fingerprint density at radius 2 is 2.17 bits per heavy atom.